The first-order valence-electron chi connectivity index (χ1n) is 4.13. The van der Waals surface area contributed by atoms with E-state index in [1.165, 1.54) is 0 Å². The molecule has 0 saturated carbocycles. The Hall–Kier alpha value is -1.35. The van der Waals surface area contributed by atoms with Crippen molar-refractivity contribution in [3.05, 3.63) is 30.3 Å². The van der Waals surface area contributed by atoms with Gasteiger partial charge in [0.2, 0.25) is 0 Å². The van der Waals surface area contributed by atoms with Crippen molar-refractivity contribution in [1.82, 2.24) is 0 Å². The van der Waals surface area contributed by atoms with Crippen molar-refractivity contribution in [3.63, 3.8) is 0 Å². The van der Waals surface area contributed by atoms with Crippen molar-refractivity contribution in [1.29, 1.82) is 0 Å². The van der Waals surface area contributed by atoms with E-state index < -0.39 is 6.10 Å². The lowest BCUT2D eigenvalue weighted by molar-refractivity contribution is 0.290. The van der Waals surface area contributed by atoms with Gasteiger partial charge in [-0.1, -0.05) is 36.0 Å². The van der Waals surface area contributed by atoms with Gasteiger partial charge in [-0.05, 0) is 12.1 Å². The Bertz CT molecular complexity index is 367. The number of hydrogen-bond donors (Lipinski definition) is 1. The van der Waals surface area contributed by atoms with Crippen LogP contribution in [0.15, 0.2) is 35.2 Å². The molecule has 0 amide bonds. The minimum absolute atomic E-state index is 0.642. The molecule has 0 fully saturated rings. The maximum atomic E-state index is 8.94. The molecule has 0 heterocycles. The zero-order valence-electron chi connectivity index (χ0n) is 7.60. The average molecular weight is 202 g/mol. The average Bonchev–Trinajstić information content (AvgIpc) is 2.25. The Morgan fingerprint density at radius 3 is 2.71 bits per heavy atom. The molecule has 1 nitrogen and oxygen atoms in total. The standard InChI is InChI=1S/C12H10OS/c1-2-11(13)7-6-10-14-12-8-4-3-5-9-12/h1,3-5,8-9,11,13H,10H2. The van der Waals surface area contributed by atoms with Gasteiger partial charge in [-0.3, -0.25) is 0 Å². The molecule has 1 aromatic carbocycles. The molecule has 1 rings (SSSR count). The highest BCUT2D eigenvalue weighted by atomic mass is 32.2. The van der Waals surface area contributed by atoms with Gasteiger partial charge in [-0.25, -0.2) is 0 Å². The summed E-state index contributed by atoms with van der Waals surface area (Å²) in [4.78, 5) is 1.16. The molecular formula is C12H10OS. The van der Waals surface area contributed by atoms with Crippen LogP contribution in [0.5, 0.6) is 0 Å². The fourth-order valence-electron chi connectivity index (χ4n) is 0.816. The van der Waals surface area contributed by atoms with Gasteiger partial charge in [-0.15, -0.1) is 18.2 Å². The summed E-state index contributed by atoms with van der Waals surface area (Å²) in [7, 11) is 0. The van der Waals surface area contributed by atoms with Crippen LogP contribution in [0.3, 0.4) is 0 Å². The van der Waals surface area contributed by atoms with Crippen LogP contribution in [-0.4, -0.2) is 17.0 Å². The van der Waals surface area contributed by atoms with Crippen molar-refractivity contribution in [2.75, 3.05) is 5.75 Å². The molecule has 0 radical (unpaired) electrons. The van der Waals surface area contributed by atoms with Gasteiger partial charge in [0.1, 0.15) is 0 Å². The van der Waals surface area contributed by atoms with E-state index in [0.717, 1.165) is 4.90 Å². The molecule has 70 valence electrons. The number of aliphatic hydroxyl groups is 1. The van der Waals surface area contributed by atoms with Crippen LogP contribution in [0, 0.1) is 24.2 Å². The number of benzene rings is 1. The van der Waals surface area contributed by atoms with Crippen LogP contribution >= 0.6 is 11.8 Å². The lowest BCUT2D eigenvalue weighted by atomic mass is 10.4. The van der Waals surface area contributed by atoms with E-state index in [0.29, 0.717) is 5.75 Å². The summed E-state index contributed by atoms with van der Waals surface area (Å²) >= 11 is 1.62. The fraction of sp³-hybridized carbons (Fsp3) is 0.167. The minimum Gasteiger partial charge on any atom is -0.369 e. The molecular weight excluding hydrogens is 192 g/mol. The predicted octanol–water partition coefficient (Wildman–Crippen LogP) is 1.78. The normalized spacial score (nSPS) is 10.9. The third-order valence-corrected chi connectivity index (χ3v) is 2.35. The molecule has 0 saturated heterocycles. The predicted molar refractivity (Wildman–Crippen MR) is 59.8 cm³/mol. The van der Waals surface area contributed by atoms with E-state index in [9.17, 15) is 0 Å². The first kappa shape index (κ1) is 10.7. The molecule has 2 heteroatoms. The number of thioether (sulfide) groups is 1. The summed E-state index contributed by atoms with van der Waals surface area (Å²) in [5.41, 5.74) is 0. The van der Waals surface area contributed by atoms with Gasteiger partial charge < -0.3 is 5.11 Å². The van der Waals surface area contributed by atoms with E-state index >= 15 is 0 Å². The molecule has 1 atom stereocenters. The Balaban J connectivity index is 2.35. The molecule has 0 aliphatic rings. The van der Waals surface area contributed by atoms with Gasteiger partial charge in [-0.2, -0.15) is 0 Å². The lowest BCUT2D eigenvalue weighted by Gasteiger charge is -1.94. The van der Waals surface area contributed by atoms with Crippen LogP contribution in [0.1, 0.15) is 0 Å². The first-order valence-corrected chi connectivity index (χ1v) is 5.12. The summed E-state index contributed by atoms with van der Waals surface area (Å²) in [6.07, 6.45) is 4.02. The Labute approximate surface area is 88.5 Å². The van der Waals surface area contributed by atoms with Crippen molar-refractivity contribution in [2.24, 2.45) is 0 Å². The van der Waals surface area contributed by atoms with Crippen LogP contribution in [-0.2, 0) is 0 Å². The summed E-state index contributed by atoms with van der Waals surface area (Å²) < 4.78 is 0. The van der Waals surface area contributed by atoms with Crippen molar-refractivity contribution in [2.45, 2.75) is 11.0 Å². The summed E-state index contributed by atoms with van der Waals surface area (Å²) in [6, 6.07) is 9.96. The van der Waals surface area contributed by atoms with Crippen LogP contribution < -0.4 is 0 Å². The van der Waals surface area contributed by atoms with E-state index in [4.69, 9.17) is 11.5 Å². The number of aliphatic hydroxyl groups excluding tert-OH is 1. The molecule has 0 aromatic heterocycles. The third kappa shape index (κ3) is 4.05. The van der Waals surface area contributed by atoms with Crippen LogP contribution in [0.25, 0.3) is 0 Å². The van der Waals surface area contributed by atoms with E-state index in [1.807, 2.05) is 30.3 Å². The molecule has 0 bridgehead atoms. The highest BCUT2D eigenvalue weighted by Crippen LogP contribution is 2.15. The van der Waals surface area contributed by atoms with Gasteiger partial charge in [0.05, 0.1) is 5.75 Å². The minimum atomic E-state index is -0.939. The van der Waals surface area contributed by atoms with Gasteiger partial charge in [0.25, 0.3) is 0 Å². The van der Waals surface area contributed by atoms with Crippen molar-refractivity contribution in [3.8, 4) is 24.2 Å². The largest absolute Gasteiger partial charge is 0.369 e. The van der Waals surface area contributed by atoms with Gasteiger partial charge in [0.15, 0.2) is 6.10 Å². The monoisotopic (exact) mass is 202 g/mol. The zero-order chi connectivity index (χ0) is 10.2. The topological polar surface area (TPSA) is 20.2 Å². The maximum Gasteiger partial charge on any atom is 0.176 e. The summed E-state index contributed by atoms with van der Waals surface area (Å²) in [5.74, 6) is 8.13. The summed E-state index contributed by atoms with van der Waals surface area (Å²) in [6.45, 7) is 0. The fourth-order valence-corrected chi connectivity index (χ4v) is 1.49. The SMILES string of the molecule is C#CC(O)C#CCSc1ccccc1. The molecule has 1 N–H and O–H groups in total. The summed E-state index contributed by atoms with van der Waals surface area (Å²) in [5, 5.41) is 8.94. The number of hydrogen-bond acceptors (Lipinski definition) is 2. The Morgan fingerprint density at radius 1 is 1.36 bits per heavy atom. The number of terminal acetylenes is 1. The molecule has 0 spiro atoms. The second-order valence-electron chi connectivity index (χ2n) is 2.49. The van der Waals surface area contributed by atoms with Crippen LogP contribution in [0.2, 0.25) is 0 Å². The third-order valence-electron chi connectivity index (χ3n) is 1.45. The highest BCUT2D eigenvalue weighted by molar-refractivity contribution is 7.99. The second-order valence-corrected chi connectivity index (χ2v) is 3.54. The second kappa shape index (κ2) is 6.16. The zero-order valence-corrected chi connectivity index (χ0v) is 8.42. The van der Waals surface area contributed by atoms with Crippen molar-refractivity contribution >= 4 is 11.8 Å². The Kier molecular flexibility index (Phi) is 4.72. The molecule has 1 unspecified atom stereocenters. The number of rotatable bonds is 2. The van der Waals surface area contributed by atoms with E-state index in [2.05, 4.69) is 17.8 Å². The smallest absolute Gasteiger partial charge is 0.176 e. The molecule has 1 aromatic rings. The maximum absolute atomic E-state index is 8.94. The van der Waals surface area contributed by atoms with Crippen LogP contribution in [0.4, 0.5) is 0 Å². The van der Waals surface area contributed by atoms with E-state index in [-0.39, 0.29) is 0 Å². The first-order chi connectivity index (χ1) is 6.83. The van der Waals surface area contributed by atoms with Crippen molar-refractivity contribution < 1.29 is 5.11 Å². The molecule has 14 heavy (non-hydrogen) atoms. The quantitative estimate of drug-likeness (QED) is 0.582. The van der Waals surface area contributed by atoms with E-state index in [1.54, 1.807) is 11.8 Å². The van der Waals surface area contributed by atoms with Gasteiger partial charge >= 0.3 is 0 Å². The van der Waals surface area contributed by atoms with Gasteiger partial charge in [0, 0.05) is 4.90 Å². The lowest BCUT2D eigenvalue weighted by Crippen LogP contribution is -1.96. The molecule has 0 aliphatic heterocycles. The Morgan fingerprint density at radius 2 is 2.07 bits per heavy atom. The highest BCUT2D eigenvalue weighted by Gasteiger charge is 1.90. The molecule has 0 aliphatic carbocycles.